The number of aromatic nitrogens is 2. The van der Waals surface area contributed by atoms with Gasteiger partial charge in [0.15, 0.2) is 0 Å². The summed E-state index contributed by atoms with van der Waals surface area (Å²) in [4.78, 5) is 12.1. The third-order valence-corrected chi connectivity index (χ3v) is 4.01. The second-order valence-electron chi connectivity index (χ2n) is 3.38. The average Bonchev–Trinajstić information content (AvgIpc) is 2.33. The molecule has 0 unspecified atom stereocenters. The van der Waals surface area contributed by atoms with Crippen LogP contribution >= 0.6 is 47.8 Å². The first-order valence-corrected chi connectivity index (χ1v) is 7.71. The van der Waals surface area contributed by atoms with Crippen LogP contribution in [0.15, 0.2) is 22.7 Å². The van der Waals surface area contributed by atoms with Crippen molar-refractivity contribution < 1.29 is 4.43 Å². The summed E-state index contributed by atoms with van der Waals surface area (Å²) < 4.78 is 2.35. The van der Waals surface area contributed by atoms with E-state index >= 15 is 0 Å². The Bertz CT molecular complexity index is 639. The lowest BCUT2D eigenvalue weighted by Gasteiger charge is -2.17. The van der Waals surface area contributed by atoms with Gasteiger partial charge in [0.05, 0.1) is 15.5 Å². The van der Waals surface area contributed by atoms with E-state index in [0.717, 1.165) is 13.6 Å². The fourth-order valence-corrected chi connectivity index (χ4v) is 3.07. The van der Waals surface area contributed by atoms with E-state index in [9.17, 15) is 10.1 Å². The quantitative estimate of drug-likeness (QED) is 0.545. The number of hydrogen-bond donors (Lipinski definition) is 0. The lowest BCUT2D eigenvalue weighted by atomic mass is 10.2. The molecule has 1 aromatic carbocycles. The van der Waals surface area contributed by atoms with Gasteiger partial charge >= 0.3 is 0 Å². The normalized spacial score (nSPS) is 11.0. The Morgan fingerprint density at radius 1 is 1.29 bits per heavy atom. The summed E-state index contributed by atoms with van der Waals surface area (Å²) in [5, 5.41) is 12.8. The zero-order valence-corrected chi connectivity index (χ0v) is 13.2. The molecule has 0 atom stereocenters. The maximum absolute atomic E-state index is 12.1. The van der Waals surface area contributed by atoms with Crippen molar-refractivity contribution >= 4 is 58.8 Å². The van der Waals surface area contributed by atoms with Crippen molar-refractivity contribution in [3.63, 3.8) is 0 Å². The van der Waals surface area contributed by atoms with Crippen LogP contribution in [-0.4, -0.2) is 4.73 Å². The Labute approximate surface area is 122 Å². The molecule has 0 amide bonds. The van der Waals surface area contributed by atoms with Gasteiger partial charge in [-0.2, -0.15) is 0 Å². The minimum atomic E-state index is 0.335. The summed E-state index contributed by atoms with van der Waals surface area (Å²) in [5.41, 5.74) is 1.56. The Morgan fingerprint density at radius 3 is 2.59 bits per heavy atom. The van der Waals surface area contributed by atoms with Crippen molar-refractivity contribution in [3.8, 4) is 0 Å². The van der Waals surface area contributed by atoms with Crippen LogP contribution in [0.1, 0.15) is 11.4 Å². The van der Waals surface area contributed by atoms with Crippen molar-refractivity contribution in [2.75, 3.05) is 0 Å². The van der Waals surface area contributed by atoms with Crippen LogP contribution in [0, 0.1) is 10.1 Å². The van der Waals surface area contributed by atoms with E-state index in [-0.39, 0.29) is 0 Å². The van der Waals surface area contributed by atoms with E-state index in [4.69, 9.17) is 0 Å². The highest BCUT2D eigenvalue weighted by atomic mass is 79.9. The zero-order valence-electron chi connectivity index (χ0n) is 8.49. The van der Waals surface area contributed by atoms with Crippen molar-refractivity contribution in [2.45, 2.75) is 10.7 Å². The van der Waals surface area contributed by atoms with Crippen molar-refractivity contribution in [1.82, 2.24) is 4.73 Å². The highest BCUT2D eigenvalue weighted by molar-refractivity contribution is 9.10. The SMILES string of the molecule is O=[n+]1c(CBr)c(CBr)n([O-])c2cc(Br)ccc21. The number of rotatable bonds is 2. The van der Waals surface area contributed by atoms with E-state index in [1.54, 1.807) is 18.2 Å². The van der Waals surface area contributed by atoms with Crippen LogP contribution in [0.4, 0.5) is 0 Å². The first-order chi connectivity index (χ1) is 8.10. The van der Waals surface area contributed by atoms with E-state index in [1.165, 1.54) is 0 Å². The monoisotopic (exact) mass is 424 g/mol. The second-order valence-corrected chi connectivity index (χ2v) is 5.42. The van der Waals surface area contributed by atoms with Crippen LogP contribution in [-0.2, 0) is 10.7 Å². The molecule has 0 bridgehead atoms. The Balaban J connectivity index is 2.99. The van der Waals surface area contributed by atoms with Gasteiger partial charge in [0.1, 0.15) is 5.52 Å². The van der Waals surface area contributed by atoms with Gasteiger partial charge in [-0.15, -0.1) is 0 Å². The molecule has 0 saturated carbocycles. The van der Waals surface area contributed by atoms with Crippen LogP contribution in [0.25, 0.3) is 11.0 Å². The van der Waals surface area contributed by atoms with Crippen LogP contribution in [0.5, 0.6) is 0 Å². The molecule has 7 heteroatoms. The molecule has 1 aromatic heterocycles. The van der Waals surface area contributed by atoms with Gasteiger partial charge in [-0.25, -0.2) is 0 Å². The van der Waals surface area contributed by atoms with Gasteiger partial charge in [-0.1, -0.05) is 47.8 Å². The molecule has 0 aliphatic carbocycles. The van der Waals surface area contributed by atoms with E-state index < -0.39 is 0 Å². The average molecular weight is 427 g/mol. The molecule has 2 rings (SSSR count). The number of fused-ring (bicyclic) bond motifs is 1. The fourth-order valence-electron chi connectivity index (χ4n) is 1.62. The van der Waals surface area contributed by atoms with Crippen LogP contribution < -0.4 is 4.43 Å². The largest absolute Gasteiger partial charge is 0.805 e. The summed E-state index contributed by atoms with van der Waals surface area (Å²) in [5.74, 6) is 0. The molecule has 0 N–H and O–H groups in total. The van der Waals surface area contributed by atoms with Gasteiger partial charge in [0.25, 0.3) is 11.2 Å². The first kappa shape index (κ1) is 13.0. The molecule has 17 heavy (non-hydrogen) atoms. The van der Waals surface area contributed by atoms with Crippen LogP contribution in [0.2, 0.25) is 0 Å². The maximum Gasteiger partial charge on any atom is 0.286 e. The number of hydrogen-bond acceptors (Lipinski definition) is 2. The van der Waals surface area contributed by atoms with Crippen molar-refractivity contribution in [3.05, 3.63) is 44.2 Å². The summed E-state index contributed by atoms with van der Waals surface area (Å²) >= 11 is 9.75. The number of benzene rings is 1. The molecular formula is C10H7Br3N2O2. The summed E-state index contributed by atoms with van der Waals surface area (Å²) in [6.45, 7) is 0. The Kier molecular flexibility index (Phi) is 3.89. The predicted molar refractivity (Wildman–Crippen MR) is 77.0 cm³/mol. The minimum Gasteiger partial charge on any atom is -0.805 e. The van der Waals surface area contributed by atoms with E-state index in [1.807, 2.05) is 0 Å². The fraction of sp³-hybridized carbons (Fsp3) is 0.200. The van der Waals surface area contributed by atoms with E-state index in [0.29, 0.717) is 33.1 Å². The van der Waals surface area contributed by atoms with Gasteiger partial charge in [0, 0.05) is 20.8 Å². The van der Waals surface area contributed by atoms with Gasteiger partial charge in [-0.05, 0) is 12.1 Å². The number of nitrogens with zero attached hydrogens (tertiary/aromatic N) is 2. The van der Waals surface area contributed by atoms with Gasteiger partial charge in [0.2, 0.25) is 0 Å². The van der Waals surface area contributed by atoms with Gasteiger partial charge < -0.3 is 9.94 Å². The Morgan fingerprint density at radius 2 is 2.00 bits per heavy atom. The molecule has 0 aliphatic heterocycles. The molecule has 4 nitrogen and oxygen atoms in total. The maximum atomic E-state index is 12.1. The lowest BCUT2D eigenvalue weighted by molar-refractivity contribution is -0.474. The molecule has 0 radical (unpaired) electrons. The standard InChI is InChI=1S/C10H7Br3N2O2/c11-4-9-10(5-12)15(17)8-3-6(13)1-2-7(8)14(9)16/h1-3H,4-5H2. The molecule has 90 valence electrons. The highest BCUT2D eigenvalue weighted by Crippen LogP contribution is 2.21. The smallest absolute Gasteiger partial charge is 0.286 e. The number of alkyl halides is 2. The van der Waals surface area contributed by atoms with Crippen molar-refractivity contribution in [2.24, 2.45) is 0 Å². The summed E-state index contributed by atoms with van der Waals surface area (Å²) in [6, 6.07) is 5.01. The van der Waals surface area contributed by atoms with Gasteiger partial charge in [-0.3, -0.25) is 0 Å². The van der Waals surface area contributed by atoms with E-state index in [2.05, 4.69) is 47.8 Å². The molecule has 0 aliphatic rings. The summed E-state index contributed by atoms with van der Waals surface area (Å²) in [6.07, 6.45) is 0. The topological polar surface area (TPSA) is 51.0 Å². The predicted octanol–water partition coefficient (Wildman–Crippen LogP) is 3.45. The first-order valence-electron chi connectivity index (χ1n) is 4.68. The zero-order chi connectivity index (χ0) is 12.6. The number of halogens is 3. The molecule has 0 saturated heterocycles. The molecule has 1 heterocycles. The highest BCUT2D eigenvalue weighted by Gasteiger charge is 2.20. The Hall–Kier alpha value is -0.400. The third-order valence-electron chi connectivity index (χ3n) is 2.45. The third kappa shape index (κ3) is 2.15. The molecule has 0 spiro atoms. The van der Waals surface area contributed by atoms with Crippen LogP contribution in [0.3, 0.4) is 0 Å². The summed E-state index contributed by atoms with van der Waals surface area (Å²) in [7, 11) is 0. The molecule has 0 fully saturated rings. The minimum absolute atomic E-state index is 0.335. The van der Waals surface area contributed by atoms with Crippen molar-refractivity contribution in [1.29, 1.82) is 0 Å². The second kappa shape index (κ2) is 5.07. The lowest BCUT2D eigenvalue weighted by Crippen LogP contribution is -2.26. The molecular weight excluding hydrogens is 420 g/mol. The molecule has 2 aromatic rings.